The highest BCUT2D eigenvalue weighted by Gasteiger charge is 2.10. The van der Waals surface area contributed by atoms with Gasteiger partial charge in [-0.05, 0) is 19.4 Å². The van der Waals surface area contributed by atoms with Crippen LogP contribution in [-0.2, 0) is 0 Å². The summed E-state index contributed by atoms with van der Waals surface area (Å²) in [5.74, 6) is 0. The maximum atomic E-state index is 4.15. The van der Waals surface area contributed by atoms with E-state index in [0.717, 1.165) is 6.54 Å². The quantitative estimate of drug-likeness (QED) is 0.517. The Bertz CT molecular complexity index is 326. The average molecular weight is 291 g/mol. The van der Waals surface area contributed by atoms with E-state index >= 15 is 0 Å². The maximum absolute atomic E-state index is 4.15. The molecular formula is C18H33N3. The molecule has 3 nitrogen and oxygen atoms in total. The highest BCUT2D eigenvalue weighted by molar-refractivity contribution is 5.08. The van der Waals surface area contributed by atoms with Gasteiger partial charge >= 0.3 is 0 Å². The van der Waals surface area contributed by atoms with E-state index in [-0.39, 0.29) is 0 Å². The minimum Gasteiger partial charge on any atom is -0.310 e. The lowest BCUT2D eigenvalue weighted by atomic mass is 10.0. The van der Waals surface area contributed by atoms with Crippen LogP contribution in [0.2, 0.25) is 0 Å². The molecule has 1 rings (SSSR count). The zero-order valence-corrected chi connectivity index (χ0v) is 14.0. The lowest BCUT2D eigenvalue weighted by Crippen LogP contribution is -2.22. The molecule has 0 aromatic carbocycles. The van der Waals surface area contributed by atoms with Crippen LogP contribution in [0.25, 0.3) is 0 Å². The number of aromatic nitrogens is 2. The van der Waals surface area contributed by atoms with Gasteiger partial charge in [0.25, 0.3) is 0 Å². The SMILES string of the molecule is CCCCCCCCCCC(NCCC)c1cncnc1. The van der Waals surface area contributed by atoms with Gasteiger partial charge in [0, 0.05) is 24.0 Å². The third-order valence-electron chi connectivity index (χ3n) is 3.97. The Morgan fingerprint density at radius 2 is 1.48 bits per heavy atom. The van der Waals surface area contributed by atoms with Gasteiger partial charge < -0.3 is 5.32 Å². The third-order valence-corrected chi connectivity index (χ3v) is 3.97. The van der Waals surface area contributed by atoms with Gasteiger partial charge in [-0.25, -0.2) is 9.97 Å². The lowest BCUT2D eigenvalue weighted by molar-refractivity contribution is 0.463. The van der Waals surface area contributed by atoms with Gasteiger partial charge in [0.2, 0.25) is 0 Å². The first-order chi connectivity index (χ1) is 10.4. The molecule has 120 valence electrons. The summed E-state index contributed by atoms with van der Waals surface area (Å²) in [5.41, 5.74) is 1.23. The molecule has 0 saturated carbocycles. The van der Waals surface area contributed by atoms with Crippen molar-refractivity contribution in [3.05, 3.63) is 24.3 Å². The summed E-state index contributed by atoms with van der Waals surface area (Å²) in [7, 11) is 0. The molecule has 1 N–H and O–H groups in total. The number of hydrogen-bond acceptors (Lipinski definition) is 3. The third kappa shape index (κ3) is 8.82. The Labute approximate surface area is 131 Å². The summed E-state index contributed by atoms with van der Waals surface area (Å²) in [6, 6.07) is 0.422. The first kappa shape index (κ1) is 18.1. The zero-order chi connectivity index (χ0) is 15.2. The van der Waals surface area contributed by atoms with Crippen LogP contribution in [-0.4, -0.2) is 16.5 Å². The van der Waals surface area contributed by atoms with E-state index in [9.17, 15) is 0 Å². The molecule has 0 aliphatic rings. The molecule has 3 heteroatoms. The molecule has 1 unspecified atom stereocenters. The predicted octanol–water partition coefficient (Wildman–Crippen LogP) is 5.05. The minimum atomic E-state index is 0.422. The summed E-state index contributed by atoms with van der Waals surface area (Å²) in [6.07, 6.45) is 18.9. The molecule has 1 aromatic rings. The van der Waals surface area contributed by atoms with Gasteiger partial charge in [-0.15, -0.1) is 0 Å². The highest BCUT2D eigenvalue weighted by Crippen LogP contribution is 2.19. The van der Waals surface area contributed by atoms with Crippen molar-refractivity contribution in [2.45, 2.75) is 84.1 Å². The minimum absolute atomic E-state index is 0.422. The summed E-state index contributed by atoms with van der Waals surface area (Å²) in [4.78, 5) is 8.30. The fraction of sp³-hybridized carbons (Fsp3) is 0.778. The van der Waals surface area contributed by atoms with E-state index in [0.29, 0.717) is 6.04 Å². The van der Waals surface area contributed by atoms with Crippen molar-refractivity contribution >= 4 is 0 Å². The van der Waals surface area contributed by atoms with Gasteiger partial charge in [-0.2, -0.15) is 0 Å². The molecule has 1 aromatic heterocycles. The second-order valence-electron chi connectivity index (χ2n) is 5.94. The van der Waals surface area contributed by atoms with E-state index < -0.39 is 0 Å². The van der Waals surface area contributed by atoms with E-state index in [2.05, 4.69) is 29.1 Å². The summed E-state index contributed by atoms with van der Waals surface area (Å²) < 4.78 is 0. The number of unbranched alkanes of at least 4 members (excludes halogenated alkanes) is 7. The van der Waals surface area contributed by atoms with E-state index in [4.69, 9.17) is 0 Å². The number of nitrogens with one attached hydrogen (secondary N) is 1. The van der Waals surface area contributed by atoms with Crippen LogP contribution in [0, 0.1) is 0 Å². The molecule has 1 atom stereocenters. The summed E-state index contributed by atoms with van der Waals surface area (Å²) in [5, 5.41) is 3.62. The van der Waals surface area contributed by atoms with Crippen molar-refractivity contribution in [3.8, 4) is 0 Å². The molecular weight excluding hydrogens is 258 g/mol. The molecule has 0 spiro atoms. The smallest absolute Gasteiger partial charge is 0.115 e. The molecule has 0 amide bonds. The Morgan fingerprint density at radius 1 is 0.857 bits per heavy atom. The molecule has 0 saturated heterocycles. The topological polar surface area (TPSA) is 37.8 Å². The normalized spacial score (nSPS) is 12.5. The molecule has 21 heavy (non-hydrogen) atoms. The Morgan fingerprint density at radius 3 is 2.10 bits per heavy atom. The van der Waals surface area contributed by atoms with Gasteiger partial charge in [-0.3, -0.25) is 0 Å². The Hall–Kier alpha value is -0.960. The van der Waals surface area contributed by atoms with Crippen molar-refractivity contribution in [3.63, 3.8) is 0 Å². The Balaban J connectivity index is 2.18. The molecule has 1 heterocycles. The standard InChI is InChI=1S/C18H33N3/c1-3-5-6-7-8-9-10-11-12-18(21-13-4-2)17-14-19-16-20-15-17/h14-16,18,21H,3-13H2,1-2H3. The molecule has 0 aliphatic heterocycles. The van der Waals surface area contributed by atoms with Crippen molar-refractivity contribution in [2.75, 3.05) is 6.54 Å². The van der Waals surface area contributed by atoms with E-state index in [1.807, 2.05) is 12.4 Å². The second-order valence-corrected chi connectivity index (χ2v) is 5.94. The van der Waals surface area contributed by atoms with Crippen LogP contribution in [0.15, 0.2) is 18.7 Å². The van der Waals surface area contributed by atoms with E-state index in [1.54, 1.807) is 6.33 Å². The zero-order valence-electron chi connectivity index (χ0n) is 14.0. The summed E-state index contributed by atoms with van der Waals surface area (Å²) >= 11 is 0. The van der Waals surface area contributed by atoms with Crippen molar-refractivity contribution in [1.29, 1.82) is 0 Å². The monoisotopic (exact) mass is 291 g/mol. The fourth-order valence-corrected chi connectivity index (χ4v) is 2.68. The van der Waals surface area contributed by atoms with Crippen molar-refractivity contribution in [2.24, 2.45) is 0 Å². The van der Waals surface area contributed by atoms with E-state index in [1.165, 1.54) is 69.8 Å². The van der Waals surface area contributed by atoms with Crippen LogP contribution in [0.1, 0.15) is 89.7 Å². The van der Waals surface area contributed by atoms with Gasteiger partial charge in [0.05, 0.1) is 0 Å². The van der Waals surface area contributed by atoms with Crippen molar-refractivity contribution < 1.29 is 0 Å². The number of hydrogen-bond donors (Lipinski definition) is 1. The molecule has 0 radical (unpaired) electrons. The van der Waals surface area contributed by atoms with Crippen LogP contribution < -0.4 is 5.32 Å². The van der Waals surface area contributed by atoms with Crippen LogP contribution >= 0.6 is 0 Å². The predicted molar refractivity (Wildman–Crippen MR) is 90.3 cm³/mol. The van der Waals surface area contributed by atoms with Crippen molar-refractivity contribution in [1.82, 2.24) is 15.3 Å². The first-order valence-electron chi connectivity index (χ1n) is 8.86. The molecule has 0 aliphatic carbocycles. The Kier molecular flexibility index (Phi) is 11.0. The first-order valence-corrected chi connectivity index (χ1v) is 8.86. The van der Waals surface area contributed by atoms with Gasteiger partial charge in [0.15, 0.2) is 0 Å². The number of rotatable bonds is 13. The lowest BCUT2D eigenvalue weighted by Gasteiger charge is -2.18. The maximum Gasteiger partial charge on any atom is 0.115 e. The summed E-state index contributed by atoms with van der Waals surface area (Å²) in [6.45, 7) is 5.55. The average Bonchev–Trinajstić information content (AvgIpc) is 2.53. The largest absolute Gasteiger partial charge is 0.310 e. The van der Waals surface area contributed by atoms with Crippen LogP contribution in [0.5, 0.6) is 0 Å². The number of nitrogens with zero attached hydrogens (tertiary/aromatic N) is 2. The molecule has 0 bridgehead atoms. The van der Waals surface area contributed by atoms with Gasteiger partial charge in [-0.1, -0.05) is 65.2 Å². The van der Waals surface area contributed by atoms with Crippen LogP contribution in [0.4, 0.5) is 0 Å². The molecule has 0 fully saturated rings. The van der Waals surface area contributed by atoms with Gasteiger partial charge in [0.1, 0.15) is 6.33 Å². The second kappa shape index (κ2) is 12.8. The highest BCUT2D eigenvalue weighted by atomic mass is 14.9. The van der Waals surface area contributed by atoms with Crippen LogP contribution in [0.3, 0.4) is 0 Å². The fourth-order valence-electron chi connectivity index (χ4n) is 2.68.